The van der Waals surface area contributed by atoms with Crippen LogP contribution < -0.4 is 5.32 Å². The molecule has 0 aromatic carbocycles. The van der Waals surface area contributed by atoms with Crippen LogP contribution in [0, 0.1) is 13.8 Å². The predicted octanol–water partition coefficient (Wildman–Crippen LogP) is 1.80. The van der Waals surface area contributed by atoms with Crippen molar-refractivity contribution in [3.63, 3.8) is 0 Å². The van der Waals surface area contributed by atoms with E-state index in [4.69, 9.17) is 0 Å². The van der Waals surface area contributed by atoms with Crippen molar-refractivity contribution in [2.75, 3.05) is 5.32 Å². The number of amides is 1. The second kappa shape index (κ2) is 4.36. The lowest BCUT2D eigenvalue weighted by atomic mass is 10.4. The van der Waals surface area contributed by atoms with E-state index in [0.29, 0.717) is 10.8 Å². The van der Waals surface area contributed by atoms with Crippen molar-refractivity contribution in [3.8, 4) is 0 Å². The van der Waals surface area contributed by atoms with Gasteiger partial charge in [-0.2, -0.15) is 0 Å². The number of carbonyl (C=O) groups is 1. The molecule has 0 spiro atoms. The van der Waals surface area contributed by atoms with E-state index >= 15 is 0 Å². The van der Waals surface area contributed by atoms with E-state index in [1.165, 1.54) is 17.5 Å². The fraction of sp³-hybridized carbons (Fsp3) is 0.200. The molecule has 0 aliphatic rings. The highest BCUT2D eigenvalue weighted by atomic mass is 32.1. The van der Waals surface area contributed by atoms with E-state index in [1.54, 1.807) is 6.20 Å². The molecule has 0 radical (unpaired) electrons. The Kier molecular flexibility index (Phi) is 2.91. The topological polar surface area (TPSA) is 67.8 Å². The summed E-state index contributed by atoms with van der Waals surface area (Å²) in [5.41, 5.74) is 1.95. The van der Waals surface area contributed by atoms with Crippen LogP contribution in [0.25, 0.3) is 0 Å². The lowest BCUT2D eigenvalue weighted by molar-refractivity contribution is 0.102. The highest BCUT2D eigenvalue weighted by Crippen LogP contribution is 2.14. The summed E-state index contributed by atoms with van der Waals surface area (Å²) in [6.07, 6.45) is 3.01. The Bertz CT molecular complexity index is 506. The maximum Gasteiger partial charge on any atom is 0.277 e. The molecule has 82 valence electrons. The van der Waals surface area contributed by atoms with Crippen LogP contribution in [0.4, 0.5) is 5.13 Å². The SMILES string of the molecule is Cc1cnc(C(=O)Nc2nc(C)cs2)cn1. The number of hydrogen-bond acceptors (Lipinski definition) is 5. The summed E-state index contributed by atoms with van der Waals surface area (Å²) in [4.78, 5) is 23.8. The summed E-state index contributed by atoms with van der Waals surface area (Å²) in [7, 11) is 0. The number of aryl methyl sites for hydroxylation is 2. The molecule has 0 aliphatic heterocycles. The second-order valence-electron chi connectivity index (χ2n) is 3.29. The number of rotatable bonds is 2. The van der Waals surface area contributed by atoms with Crippen LogP contribution >= 0.6 is 11.3 Å². The molecule has 16 heavy (non-hydrogen) atoms. The minimum Gasteiger partial charge on any atom is -0.296 e. The number of aromatic nitrogens is 3. The van der Waals surface area contributed by atoms with Gasteiger partial charge in [-0.15, -0.1) is 11.3 Å². The van der Waals surface area contributed by atoms with Gasteiger partial charge in [0.25, 0.3) is 5.91 Å². The van der Waals surface area contributed by atoms with Crippen LogP contribution in [0.15, 0.2) is 17.8 Å². The van der Waals surface area contributed by atoms with Crippen molar-refractivity contribution < 1.29 is 4.79 Å². The number of anilines is 1. The zero-order valence-corrected chi connectivity index (χ0v) is 9.71. The van der Waals surface area contributed by atoms with E-state index in [2.05, 4.69) is 20.3 Å². The molecule has 2 rings (SSSR count). The Morgan fingerprint density at radius 2 is 2.06 bits per heavy atom. The molecule has 0 bridgehead atoms. The van der Waals surface area contributed by atoms with Gasteiger partial charge in [-0.25, -0.2) is 9.97 Å². The molecule has 0 saturated heterocycles. The summed E-state index contributed by atoms with van der Waals surface area (Å²) in [6.45, 7) is 3.69. The molecular weight excluding hydrogens is 224 g/mol. The third kappa shape index (κ3) is 2.40. The van der Waals surface area contributed by atoms with Crippen LogP contribution in [-0.2, 0) is 0 Å². The molecule has 1 amide bonds. The average molecular weight is 234 g/mol. The molecule has 5 nitrogen and oxygen atoms in total. The zero-order valence-electron chi connectivity index (χ0n) is 8.89. The number of nitrogens with zero attached hydrogens (tertiary/aromatic N) is 3. The molecule has 0 aliphatic carbocycles. The average Bonchev–Trinajstić information content (AvgIpc) is 2.65. The monoisotopic (exact) mass is 234 g/mol. The number of hydrogen-bond donors (Lipinski definition) is 1. The zero-order chi connectivity index (χ0) is 11.5. The van der Waals surface area contributed by atoms with E-state index in [9.17, 15) is 4.79 Å². The first-order valence-electron chi connectivity index (χ1n) is 4.67. The molecule has 2 aromatic heterocycles. The molecule has 2 heterocycles. The van der Waals surface area contributed by atoms with E-state index in [0.717, 1.165) is 11.4 Å². The van der Waals surface area contributed by atoms with Gasteiger partial charge < -0.3 is 0 Å². The molecular formula is C10H10N4OS. The van der Waals surface area contributed by atoms with Crippen molar-refractivity contribution in [2.45, 2.75) is 13.8 Å². The molecule has 0 atom stereocenters. The molecule has 2 aromatic rings. The third-order valence-electron chi connectivity index (χ3n) is 1.85. The molecule has 6 heteroatoms. The lowest BCUT2D eigenvalue weighted by Crippen LogP contribution is -2.13. The van der Waals surface area contributed by atoms with Gasteiger partial charge in [0.05, 0.1) is 17.6 Å². The summed E-state index contributed by atoms with van der Waals surface area (Å²) in [5, 5.41) is 5.11. The molecule has 0 unspecified atom stereocenters. The van der Waals surface area contributed by atoms with Gasteiger partial charge in [-0.05, 0) is 13.8 Å². The first-order chi connectivity index (χ1) is 7.65. The standard InChI is InChI=1S/C10H10N4OS/c1-6-3-12-8(4-11-6)9(15)14-10-13-7(2)5-16-10/h3-5H,1-2H3,(H,13,14,15). The van der Waals surface area contributed by atoms with Gasteiger partial charge >= 0.3 is 0 Å². The van der Waals surface area contributed by atoms with Crippen LogP contribution in [-0.4, -0.2) is 20.9 Å². The minimum absolute atomic E-state index is 0.290. The van der Waals surface area contributed by atoms with Crippen molar-refractivity contribution in [2.24, 2.45) is 0 Å². The van der Waals surface area contributed by atoms with E-state index in [1.807, 2.05) is 19.2 Å². The summed E-state index contributed by atoms with van der Waals surface area (Å²) < 4.78 is 0. The fourth-order valence-corrected chi connectivity index (χ4v) is 1.77. The van der Waals surface area contributed by atoms with E-state index < -0.39 is 0 Å². The first-order valence-corrected chi connectivity index (χ1v) is 5.55. The smallest absolute Gasteiger partial charge is 0.277 e. The van der Waals surface area contributed by atoms with Crippen molar-refractivity contribution in [3.05, 3.63) is 34.9 Å². The van der Waals surface area contributed by atoms with Gasteiger partial charge in [0.1, 0.15) is 5.69 Å². The van der Waals surface area contributed by atoms with Gasteiger partial charge in [-0.3, -0.25) is 15.1 Å². The highest BCUT2D eigenvalue weighted by Gasteiger charge is 2.09. The Labute approximate surface area is 96.6 Å². The lowest BCUT2D eigenvalue weighted by Gasteiger charge is -2.00. The Hall–Kier alpha value is -1.82. The van der Waals surface area contributed by atoms with Crippen LogP contribution in [0.3, 0.4) is 0 Å². The largest absolute Gasteiger partial charge is 0.296 e. The Morgan fingerprint density at radius 3 is 2.62 bits per heavy atom. The normalized spacial score (nSPS) is 10.1. The van der Waals surface area contributed by atoms with Crippen LogP contribution in [0.2, 0.25) is 0 Å². The fourth-order valence-electron chi connectivity index (χ4n) is 1.08. The van der Waals surface area contributed by atoms with Gasteiger partial charge in [-0.1, -0.05) is 0 Å². The third-order valence-corrected chi connectivity index (χ3v) is 2.73. The highest BCUT2D eigenvalue weighted by molar-refractivity contribution is 7.13. The van der Waals surface area contributed by atoms with E-state index in [-0.39, 0.29) is 5.91 Å². The first kappa shape index (κ1) is 10.7. The van der Waals surface area contributed by atoms with Crippen molar-refractivity contribution >= 4 is 22.4 Å². The van der Waals surface area contributed by atoms with Gasteiger partial charge in [0.15, 0.2) is 5.13 Å². The summed E-state index contributed by atoms with van der Waals surface area (Å²) in [6, 6.07) is 0. The van der Waals surface area contributed by atoms with Crippen molar-refractivity contribution in [1.29, 1.82) is 0 Å². The van der Waals surface area contributed by atoms with Crippen LogP contribution in [0.1, 0.15) is 21.9 Å². The van der Waals surface area contributed by atoms with Gasteiger partial charge in [0, 0.05) is 11.6 Å². The number of thiazole rings is 1. The maximum absolute atomic E-state index is 11.7. The molecule has 0 fully saturated rings. The summed E-state index contributed by atoms with van der Waals surface area (Å²) >= 11 is 1.38. The van der Waals surface area contributed by atoms with Crippen molar-refractivity contribution in [1.82, 2.24) is 15.0 Å². The minimum atomic E-state index is -0.290. The van der Waals surface area contributed by atoms with Gasteiger partial charge in [0.2, 0.25) is 0 Å². The Morgan fingerprint density at radius 1 is 1.25 bits per heavy atom. The molecule has 0 saturated carbocycles. The predicted molar refractivity (Wildman–Crippen MR) is 61.6 cm³/mol. The quantitative estimate of drug-likeness (QED) is 0.860. The van der Waals surface area contributed by atoms with Crippen LogP contribution in [0.5, 0.6) is 0 Å². The summed E-state index contributed by atoms with van der Waals surface area (Å²) in [5.74, 6) is -0.290. The number of carbonyl (C=O) groups excluding carboxylic acids is 1. The second-order valence-corrected chi connectivity index (χ2v) is 4.15. The maximum atomic E-state index is 11.7. The Balaban J connectivity index is 2.11. The molecule has 1 N–H and O–H groups in total. The number of nitrogens with one attached hydrogen (secondary N) is 1.